The minimum atomic E-state index is -3.58. The Hall–Kier alpha value is -2.22. The van der Waals surface area contributed by atoms with E-state index in [1.807, 2.05) is 24.3 Å². The molecule has 0 unspecified atom stereocenters. The quantitative estimate of drug-likeness (QED) is 0.763. The van der Waals surface area contributed by atoms with E-state index in [4.69, 9.17) is 4.74 Å². The number of nitrogens with one attached hydrogen (secondary N) is 2. The Morgan fingerprint density at radius 3 is 2.04 bits per heavy atom. The van der Waals surface area contributed by atoms with E-state index in [-0.39, 0.29) is 22.9 Å². The molecule has 0 aliphatic heterocycles. The van der Waals surface area contributed by atoms with Crippen LogP contribution < -0.4 is 10.0 Å². The van der Waals surface area contributed by atoms with E-state index in [1.165, 1.54) is 6.92 Å². The van der Waals surface area contributed by atoms with Crippen LogP contribution in [0.15, 0.2) is 53.4 Å². The van der Waals surface area contributed by atoms with Crippen LogP contribution in [0.25, 0.3) is 11.1 Å². The summed E-state index contributed by atoms with van der Waals surface area (Å²) in [6.07, 6.45) is 2.81. The molecule has 0 radical (unpaired) electrons. The maximum absolute atomic E-state index is 12.5. The van der Waals surface area contributed by atoms with Crippen molar-refractivity contribution in [1.29, 1.82) is 0 Å². The van der Waals surface area contributed by atoms with Gasteiger partial charge in [0.15, 0.2) is 0 Å². The standard InChI is InChI=1S/C20H24N2O4S/c1-15(23)22-18-8-4-16(5-9-18)17-6-10-19(11-7-17)27(24,25)21-14-20(26-2)12-3-13-20/h4-11,21H,3,12-14H2,1-2H3,(H,22,23). The normalized spacial score (nSPS) is 15.8. The van der Waals surface area contributed by atoms with Gasteiger partial charge in [-0.15, -0.1) is 0 Å². The van der Waals surface area contributed by atoms with Crippen LogP contribution in [0.4, 0.5) is 5.69 Å². The summed E-state index contributed by atoms with van der Waals surface area (Å²) < 4.78 is 33.2. The fourth-order valence-electron chi connectivity index (χ4n) is 3.11. The number of carbonyl (C=O) groups is 1. The number of ether oxygens (including phenoxy) is 1. The second kappa shape index (κ2) is 7.80. The zero-order valence-corrected chi connectivity index (χ0v) is 16.3. The van der Waals surface area contributed by atoms with E-state index >= 15 is 0 Å². The minimum absolute atomic E-state index is 0.123. The van der Waals surface area contributed by atoms with Crippen LogP contribution in [-0.4, -0.2) is 33.6 Å². The lowest BCUT2D eigenvalue weighted by atomic mass is 9.80. The van der Waals surface area contributed by atoms with E-state index < -0.39 is 10.0 Å². The third-order valence-electron chi connectivity index (χ3n) is 4.99. The fourth-order valence-corrected chi connectivity index (χ4v) is 4.22. The Labute approximate surface area is 160 Å². The van der Waals surface area contributed by atoms with Gasteiger partial charge in [-0.25, -0.2) is 13.1 Å². The smallest absolute Gasteiger partial charge is 0.240 e. The van der Waals surface area contributed by atoms with Crippen LogP contribution in [0.2, 0.25) is 0 Å². The third-order valence-corrected chi connectivity index (χ3v) is 6.40. The van der Waals surface area contributed by atoms with Gasteiger partial charge in [0.25, 0.3) is 0 Å². The number of carbonyl (C=O) groups excluding carboxylic acids is 1. The molecule has 144 valence electrons. The molecular weight excluding hydrogens is 364 g/mol. The Bertz CT molecular complexity index is 896. The number of rotatable bonds is 7. The summed E-state index contributed by atoms with van der Waals surface area (Å²) in [6, 6.07) is 14.1. The first-order valence-corrected chi connectivity index (χ1v) is 10.3. The van der Waals surface area contributed by atoms with Crippen LogP contribution in [0, 0.1) is 0 Å². The van der Waals surface area contributed by atoms with Gasteiger partial charge in [0.2, 0.25) is 15.9 Å². The highest BCUT2D eigenvalue weighted by Crippen LogP contribution is 2.34. The highest BCUT2D eigenvalue weighted by molar-refractivity contribution is 7.89. The van der Waals surface area contributed by atoms with E-state index in [0.717, 1.165) is 36.1 Å². The molecule has 2 aromatic carbocycles. The highest BCUT2D eigenvalue weighted by atomic mass is 32.2. The molecule has 0 spiro atoms. The van der Waals surface area contributed by atoms with Crippen LogP contribution in [0.3, 0.4) is 0 Å². The van der Waals surface area contributed by atoms with Gasteiger partial charge in [0, 0.05) is 26.3 Å². The largest absolute Gasteiger partial charge is 0.377 e. The molecule has 1 amide bonds. The zero-order chi connectivity index (χ0) is 19.5. The third kappa shape index (κ3) is 4.55. The van der Waals surface area contributed by atoms with Crippen LogP contribution in [-0.2, 0) is 19.6 Å². The molecule has 0 atom stereocenters. The summed E-state index contributed by atoms with van der Waals surface area (Å²) in [5.74, 6) is -0.123. The summed E-state index contributed by atoms with van der Waals surface area (Å²) in [5, 5.41) is 2.72. The Morgan fingerprint density at radius 2 is 1.59 bits per heavy atom. The topological polar surface area (TPSA) is 84.5 Å². The van der Waals surface area contributed by atoms with Crippen LogP contribution in [0.1, 0.15) is 26.2 Å². The van der Waals surface area contributed by atoms with Gasteiger partial charge in [-0.05, 0) is 54.7 Å². The van der Waals surface area contributed by atoms with E-state index in [2.05, 4.69) is 10.0 Å². The summed E-state index contributed by atoms with van der Waals surface area (Å²) in [4.78, 5) is 11.3. The highest BCUT2D eigenvalue weighted by Gasteiger charge is 2.38. The van der Waals surface area contributed by atoms with Gasteiger partial charge in [-0.1, -0.05) is 24.3 Å². The SMILES string of the molecule is COC1(CNS(=O)(=O)c2ccc(-c3ccc(NC(C)=O)cc3)cc2)CCC1. The summed E-state index contributed by atoms with van der Waals surface area (Å²) >= 11 is 0. The van der Waals surface area contributed by atoms with Gasteiger partial charge in [0.1, 0.15) is 0 Å². The van der Waals surface area contributed by atoms with Crippen molar-refractivity contribution in [2.24, 2.45) is 0 Å². The molecule has 0 saturated heterocycles. The van der Waals surface area contributed by atoms with E-state index in [9.17, 15) is 13.2 Å². The van der Waals surface area contributed by atoms with Crippen LogP contribution in [0.5, 0.6) is 0 Å². The lowest BCUT2D eigenvalue weighted by Crippen LogP contribution is -2.49. The van der Waals surface area contributed by atoms with Gasteiger partial charge < -0.3 is 10.1 Å². The van der Waals surface area contributed by atoms with Crippen molar-refractivity contribution in [2.75, 3.05) is 19.0 Å². The number of methoxy groups -OCH3 is 1. The Kier molecular flexibility index (Phi) is 5.64. The molecular formula is C20H24N2O4S. The first-order chi connectivity index (χ1) is 12.8. The molecule has 3 rings (SSSR count). The molecule has 7 heteroatoms. The maximum atomic E-state index is 12.5. The van der Waals surface area contributed by atoms with Crippen LogP contribution >= 0.6 is 0 Å². The number of hydrogen-bond donors (Lipinski definition) is 2. The molecule has 1 aliphatic carbocycles. The minimum Gasteiger partial charge on any atom is -0.377 e. The molecule has 0 heterocycles. The number of benzene rings is 2. The summed E-state index contributed by atoms with van der Waals surface area (Å²) in [6.45, 7) is 1.75. The monoisotopic (exact) mass is 388 g/mol. The van der Waals surface area contributed by atoms with Crippen molar-refractivity contribution in [1.82, 2.24) is 4.72 Å². The summed E-state index contributed by atoms with van der Waals surface area (Å²) in [5.41, 5.74) is 2.20. The molecule has 1 aliphatic rings. The summed E-state index contributed by atoms with van der Waals surface area (Å²) in [7, 11) is -1.95. The molecule has 1 fully saturated rings. The average Bonchev–Trinajstić information content (AvgIpc) is 2.61. The van der Waals surface area contributed by atoms with Crippen molar-refractivity contribution in [2.45, 2.75) is 36.7 Å². The lowest BCUT2D eigenvalue weighted by Gasteiger charge is -2.40. The molecule has 0 bridgehead atoms. The molecule has 2 aromatic rings. The number of hydrogen-bond acceptors (Lipinski definition) is 4. The van der Waals surface area contributed by atoms with Crippen molar-refractivity contribution in [3.63, 3.8) is 0 Å². The van der Waals surface area contributed by atoms with Crippen molar-refractivity contribution in [3.05, 3.63) is 48.5 Å². The lowest BCUT2D eigenvalue weighted by molar-refractivity contribution is -0.114. The van der Waals surface area contributed by atoms with E-state index in [0.29, 0.717) is 0 Å². The zero-order valence-electron chi connectivity index (χ0n) is 15.5. The molecule has 6 nitrogen and oxygen atoms in total. The second-order valence-corrected chi connectivity index (χ2v) is 8.62. The first kappa shape index (κ1) is 19.5. The molecule has 2 N–H and O–H groups in total. The fraction of sp³-hybridized carbons (Fsp3) is 0.350. The van der Waals surface area contributed by atoms with Gasteiger partial charge in [-0.3, -0.25) is 4.79 Å². The van der Waals surface area contributed by atoms with Crippen molar-refractivity contribution >= 4 is 21.6 Å². The molecule has 1 saturated carbocycles. The average molecular weight is 388 g/mol. The predicted molar refractivity (Wildman–Crippen MR) is 105 cm³/mol. The van der Waals surface area contributed by atoms with E-state index in [1.54, 1.807) is 31.4 Å². The molecule has 27 heavy (non-hydrogen) atoms. The second-order valence-electron chi connectivity index (χ2n) is 6.85. The van der Waals surface area contributed by atoms with Crippen molar-refractivity contribution in [3.8, 4) is 11.1 Å². The Balaban J connectivity index is 1.69. The van der Waals surface area contributed by atoms with Crippen molar-refractivity contribution < 1.29 is 17.9 Å². The molecule has 0 aromatic heterocycles. The van der Waals surface area contributed by atoms with Gasteiger partial charge in [0.05, 0.1) is 10.5 Å². The maximum Gasteiger partial charge on any atom is 0.240 e. The predicted octanol–water partition coefficient (Wildman–Crippen LogP) is 3.16. The Morgan fingerprint density at radius 1 is 1.04 bits per heavy atom. The first-order valence-electron chi connectivity index (χ1n) is 8.87. The van der Waals surface area contributed by atoms with Gasteiger partial charge >= 0.3 is 0 Å². The number of anilines is 1. The number of sulfonamides is 1. The van der Waals surface area contributed by atoms with Gasteiger partial charge in [-0.2, -0.15) is 0 Å². The number of amides is 1.